The maximum atomic E-state index is 11.5. The Hall–Kier alpha value is -0.900. The third-order valence-corrected chi connectivity index (χ3v) is 2.52. The molecule has 1 rings (SSSR count). The van der Waals surface area contributed by atoms with E-state index < -0.39 is 11.5 Å². The average Bonchev–Trinajstić information content (AvgIpc) is 2.29. The van der Waals surface area contributed by atoms with Gasteiger partial charge in [0.2, 0.25) is 0 Å². The van der Waals surface area contributed by atoms with E-state index in [2.05, 4.69) is 4.74 Å². The van der Waals surface area contributed by atoms with Crippen LogP contribution in [0.3, 0.4) is 0 Å². The largest absolute Gasteiger partial charge is 0.467 e. The zero-order valence-electron chi connectivity index (χ0n) is 7.84. The molecule has 0 spiro atoms. The van der Waals surface area contributed by atoms with Crippen molar-refractivity contribution < 1.29 is 14.3 Å². The van der Waals surface area contributed by atoms with Crippen LogP contribution >= 0.6 is 0 Å². The number of hydrogen-bond acceptors (Lipinski definition) is 4. The molecule has 1 fully saturated rings. The molecule has 0 aromatic heterocycles. The molecule has 0 aliphatic heterocycles. The van der Waals surface area contributed by atoms with Gasteiger partial charge in [-0.05, 0) is 12.8 Å². The molecular weight excluding hydrogens is 170 g/mol. The van der Waals surface area contributed by atoms with Gasteiger partial charge in [-0.2, -0.15) is 0 Å². The molecule has 0 radical (unpaired) electrons. The molecule has 0 aromatic carbocycles. The Bertz CT molecular complexity index is 227. The summed E-state index contributed by atoms with van der Waals surface area (Å²) in [6.07, 6.45) is 3.41. The highest BCUT2D eigenvalue weighted by Gasteiger charge is 2.42. The fourth-order valence-electron chi connectivity index (χ4n) is 1.63. The first-order valence-corrected chi connectivity index (χ1v) is 4.52. The first-order valence-electron chi connectivity index (χ1n) is 4.52. The summed E-state index contributed by atoms with van der Waals surface area (Å²) in [7, 11) is 1.26. The maximum Gasteiger partial charge on any atom is 0.333 e. The zero-order chi connectivity index (χ0) is 9.90. The van der Waals surface area contributed by atoms with E-state index in [1.807, 2.05) is 0 Å². The molecule has 1 saturated carbocycles. The smallest absolute Gasteiger partial charge is 0.333 e. The van der Waals surface area contributed by atoms with Crippen LogP contribution in [-0.4, -0.2) is 24.4 Å². The van der Waals surface area contributed by atoms with Gasteiger partial charge in [0.1, 0.15) is 0 Å². The molecule has 0 saturated heterocycles. The van der Waals surface area contributed by atoms with E-state index >= 15 is 0 Å². The lowest BCUT2D eigenvalue weighted by Crippen LogP contribution is -2.54. The Kier molecular flexibility index (Phi) is 3.03. The number of rotatable bonds is 1. The molecule has 0 aromatic rings. The van der Waals surface area contributed by atoms with Gasteiger partial charge in [0.25, 0.3) is 0 Å². The zero-order valence-corrected chi connectivity index (χ0v) is 7.84. The summed E-state index contributed by atoms with van der Waals surface area (Å²) in [5.41, 5.74) is 4.36. The number of nitrogens with two attached hydrogens (primary N) is 1. The lowest BCUT2D eigenvalue weighted by molar-refractivity contribution is -0.151. The molecule has 1 aliphatic carbocycles. The van der Waals surface area contributed by atoms with Crippen molar-refractivity contribution in [3.63, 3.8) is 0 Å². The summed E-state index contributed by atoms with van der Waals surface area (Å²) in [6, 6.07) is 0. The number of carbonyl (C=O) groups excluding carboxylic acids is 2. The Morgan fingerprint density at radius 3 is 2.77 bits per heavy atom. The predicted molar refractivity (Wildman–Crippen MR) is 47.0 cm³/mol. The van der Waals surface area contributed by atoms with Crippen molar-refractivity contribution in [3.05, 3.63) is 0 Å². The number of Topliss-reactive ketones (excluding diaryl/α,β-unsaturated/α-hetero) is 1. The van der Waals surface area contributed by atoms with E-state index in [0.29, 0.717) is 12.8 Å². The second kappa shape index (κ2) is 3.87. The minimum Gasteiger partial charge on any atom is -0.467 e. The first kappa shape index (κ1) is 10.2. The second-order valence-corrected chi connectivity index (χ2v) is 3.45. The van der Waals surface area contributed by atoms with Crippen LogP contribution < -0.4 is 5.73 Å². The van der Waals surface area contributed by atoms with Crippen molar-refractivity contribution in [1.29, 1.82) is 0 Å². The highest BCUT2D eigenvalue weighted by molar-refractivity contribution is 6.08. The van der Waals surface area contributed by atoms with E-state index in [1.54, 1.807) is 0 Å². The Balaban J connectivity index is 2.82. The van der Waals surface area contributed by atoms with Crippen LogP contribution in [0.25, 0.3) is 0 Å². The van der Waals surface area contributed by atoms with E-state index in [4.69, 9.17) is 5.73 Å². The van der Waals surface area contributed by atoms with Crippen LogP contribution in [-0.2, 0) is 14.3 Å². The lowest BCUT2D eigenvalue weighted by Gasteiger charge is -2.22. The quantitative estimate of drug-likeness (QED) is 0.364. The van der Waals surface area contributed by atoms with Gasteiger partial charge in [-0.25, -0.2) is 4.79 Å². The van der Waals surface area contributed by atoms with Crippen LogP contribution in [0.5, 0.6) is 0 Å². The maximum absolute atomic E-state index is 11.5. The van der Waals surface area contributed by atoms with E-state index in [1.165, 1.54) is 7.11 Å². The molecule has 1 unspecified atom stereocenters. The van der Waals surface area contributed by atoms with Crippen LogP contribution in [0.15, 0.2) is 0 Å². The predicted octanol–water partition coefficient (Wildman–Crippen LogP) is 0.390. The highest BCUT2D eigenvalue weighted by atomic mass is 16.5. The van der Waals surface area contributed by atoms with Gasteiger partial charge in [0.15, 0.2) is 11.3 Å². The number of carbonyl (C=O) groups is 2. The number of ether oxygens (including phenoxy) is 1. The summed E-state index contributed by atoms with van der Waals surface area (Å²) in [6.45, 7) is 0. The minimum atomic E-state index is -1.37. The molecule has 0 amide bonds. The Morgan fingerprint density at radius 1 is 1.46 bits per heavy atom. The molecule has 4 heteroatoms. The Labute approximate surface area is 77.4 Å². The van der Waals surface area contributed by atoms with Crippen molar-refractivity contribution in [2.75, 3.05) is 7.11 Å². The van der Waals surface area contributed by atoms with Crippen LogP contribution in [0.2, 0.25) is 0 Å². The molecule has 1 aliphatic rings. The van der Waals surface area contributed by atoms with Gasteiger partial charge >= 0.3 is 5.97 Å². The van der Waals surface area contributed by atoms with Crippen LogP contribution in [0.4, 0.5) is 0 Å². The molecule has 0 bridgehead atoms. The molecule has 2 N–H and O–H groups in total. The van der Waals surface area contributed by atoms with Crippen molar-refractivity contribution >= 4 is 11.8 Å². The SMILES string of the molecule is COC(=O)C1(N)CCCCCC1=O. The summed E-state index contributed by atoms with van der Waals surface area (Å²) in [4.78, 5) is 22.8. The average molecular weight is 185 g/mol. The Morgan fingerprint density at radius 2 is 2.15 bits per heavy atom. The summed E-state index contributed by atoms with van der Waals surface area (Å²) >= 11 is 0. The monoisotopic (exact) mass is 185 g/mol. The van der Waals surface area contributed by atoms with Gasteiger partial charge in [-0.3, -0.25) is 4.79 Å². The molecule has 13 heavy (non-hydrogen) atoms. The molecule has 1 atom stereocenters. The van der Waals surface area contributed by atoms with Gasteiger partial charge in [-0.15, -0.1) is 0 Å². The summed E-state index contributed by atoms with van der Waals surface area (Å²) in [5, 5.41) is 0. The van der Waals surface area contributed by atoms with E-state index in [-0.39, 0.29) is 5.78 Å². The molecular formula is C9H15NO3. The van der Waals surface area contributed by atoms with Gasteiger partial charge < -0.3 is 10.5 Å². The number of methoxy groups -OCH3 is 1. The second-order valence-electron chi connectivity index (χ2n) is 3.45. The topological polar surface area (TPSA) is 69.4 Å². The molecule has 0 heterocycles. The van der Waals surface area contributed by atoms with E-state index in [0.717, 1.165) is 19.3 Å². The highest BCUT2D eigenvalue weighted by Crippen LogP contribution is 2.22. The molecule has 74 valence electrons. The standard InChI is InChI=1S/C9H15NO3/c1-13-8(12)9(10)6-4-2-3-5-7(9)11/h2-6,10H2,1H3. The van der Waals surface area contributed by atoms with Crippen LogP contribution in [0, 0.1) is 0 Å². The summed E-state index contributed by atoms with van der Waals surface area (Å²) in [5.74, 6) is -0.781. The minimum absolute atomic E-state index is 0.183. The van der Waals surface area contributed by atoms with Gasteiger partial charge in [-0.1, -0.05) is 12.8 Å². The summed E-state index contributed by atoms with van der Waals surface area (Å²) < 4.78 is 4.53. The van der Waals surface area contributed by atoms with Crippen molar-refractivity contribution in [1.82, 2.24) is 0 Å². The van der Waals surface area contributed by atoms with Crippen molar-refractivity contribution in [2.45, 2.75) is 37.6 Å². The van der Waals surface area contributed by atoms with Gasteiger partial charge in [0, 0.05) is 6.42 Å². The van der Waals surface area contributed by atoms with Crippen LogP contribution in [0.1, 0.15) is 32.1 Å². The van der Waals surface area contributed by atoms with E-state index in [9.17, 15) is 9.59 Å². The fraction of sp³-hybridized carbons (Fsp3) is 0.778. The number of hydrogen-bond donors (Lipinski definition) is 1. The lowest BCUT2D eigenvalue weighted by atomic mass is 9.90. The van der Waals surface area contributed by atoms with Crippen molar-refractivity contribution in [2.24, 2.45) is 5.73 Å². The van der Waals surface area contributed by atoms with Crippen molar-refractivity contribution in [3.8, 4) is 0 Å². The third kappa shape index (κ3) is 1.88. The first-order chi connectivity index (χ1) is 6.11. The fourth-order valence-corrected chi connectivity index (χ4v) is 1.63. The number of ketones is 1. The van der Waals surface area contributed by atoms with Gasteiger partial charge in [0.05, 0.1) is 7.11 Å². The third-order valence-electron chi connectivity index (χ3n) is 2.52. The number of esters is 1. The normalized spacial score (nSPS) is 29.5. The molecule has 4 nitrogen and oxygen atoms in total.